The van der Waals surface area contributed by atoms with E-state index in [0.717, 1.165) is 35.6 Å². The Kier molecular flexibility index (Phi) is 2.72. The highest BCUT2D eigenvalue weighted by Crippen LogP contribution is 2.57. The van der Waals surface area contributed by atoms with Gasteiger partial charge in [-0.1, -0.05) is 12.8 Å². The zero-order valence-corrected chi connectivity index (χ0v) is 11.0. The third-order valence-electron chi connectivity index (χ3n) is 6.36. The molecule has 17 heavy (non-hydrogen) atoms. The number of rotatable bonds is 1. The summed E-state index contributed by atoms with van der Waals surface area (Å²) in [7, 11) is 0. The van der Waals surface area contributed by atoms with E-state index in [1.807, 2.05) is 0 Å². The van der Waals surface area contributed by atoms with Crippen LogP contribution in [0.3, 0.4) is 0 Å². The average molecular weight is 233 g/mol. The van der Waals surface area contributed by atoms with Crippen molar-refractivity contribution in [1.29, 1.82) is 0 Å². The molecule has 4 bridgehead atoms. The predicted molar refractivity (Wildman–Crippen MR) is 70.8 cm³/mol. The minimum Gasteiger partial charge on any atom is -0.314 e. The van der Waals surface area contributed by atoms with Crippen LogP contribution in [0.1, 0.15) is 57.8 Å². The molecule has 1 saturated heterocycles. The highest BCUT2D eigenvalue weighted by Gasteiger charge is 2.50. The number of nitrogens with one attached hydrogen (secondary N) is 1. The van der Waals surface area contributed by atoms with Gasteiger partial charge in [0.05, 0.1) is 0 Å². The summed E-state index contributed by atoms with van der Waals surface area (Å²) in [6.07, 6.45) is 13.8. The molecular weight excluding hydrogens is 206 g/mol. The molecule has 1 N–H and O–H groups in total. The van der Waals surface area contributed by atoms with E-state index in [1.165, 1.54) is 32.2 Å². The van der Waals surface area contributed by atoms with Gasteiger partial charge in [-0.2, -0.15) is 0 Å². The lowest BCUT2D eigenvalue weighted by Gasteiger charge is -2.56. The van der Waals surface area contributed by atoms with Crippen LogP contribution in [0.4, 0.5) is 0 Å². The second-order valence-electron chi connectivity index (χ2n) is 7.42. The van der Waals surface area contributed by atoms with Crippen molar-refractivity contribution in [2.75, 3.05) is 6.54 Å². The fourth-order valence-corrected chi connectivity index (χ4v) is 6.01. The Morgan fingerprint density at radius 1 is 0.706 bits per heavy atom. The van der Waals surface area contributed by atoms with Crippen molar-refractivity contribution < 1.29 is 0 Å². The van der Waals surface area contributed by atoms with Crippen LogP contribution in [0.2, 0.25) is 0 Å². The second kappa shape index (κ2) is 4.26. The Bertz CT molecular complexity index is 249. The van der Waals surface area contributed by atoms with E-state index in [0.29, 0.717) is 0 Å². The lowest BCUT2D eigenvalue weighted by molar-refractivity contribution is -0.0522. The van der Waals surface area contributed by atoms with E-state index < -0.39 is 0 Å². The molecule has 0 amide bonds. The maximum Gasteiger partial charge on any atom is 0.0101 e. The highest BCUT2D eigenvalue weighted by atomic mass is 14.9. The predicted octanol–water partition coefficient (Wildman–Crippen LogP) is 3.59. The van der Waals surface area contributed by atoms with Gasteiger partial charge < -0.3 is 5.32 Å². The largest absolute Gasteiger partial charge is 0.314 e. The third-order valence-corrected chi connectivity index (χ3v) is 6.36. The van der Waals surface area contributed by atoms with E-state index in [4.69, 9.17) is 0 Å². The van der Waals surface area contributed by atoms with E-state index in [9.17, 15) is 0 Å². The van der Waals surface area contributed by atoms with Crippen LogP contribution >= 0.6 is 0 Å². The van der Waals surface area contributed by atoms with Crippen molar-refractivity contribution in [3.63, 3.8) is 0 Å². The van der Waals surface area contributed by atoms with E-state index in [2.05, 4.69) is 5.32 Å². The van der Waals surface area contributed by atoms with Gasteiger partial charge in [0, 0.05) is 6.04 Å². The summed E-state index contributed by atoms with van der Waals surface area (Å²) in [5.41, 5.74) is 0. The summed E-state index contributed by atoms with van der Waals surface area (Å²) in [4.78, 5) is 0. The molecule has 1 nitrogen and oxygen atoms in total. The van der Waals surface area contributed by atoms with Crippen molar-refractivity contribution in [3.8, 4) is 0 Å². The smallest absolute Gasteiger partial charge is 0.0101 e. The fraction of sp³-hybridized carbons (Fsp3) is 1.00. The third kappa shape index (κ3) is 1.85. The topological polar surface area (TPSA) is 12.0 Å². The highest BCUT2D eigenvalue weighted by molar-refractivity contribution is 5.01. The molecule has 5 rings (SSSR count). The summed E-state index contributed by atoms with van der Waals surface area (Å²) >= 11 is 0. The van der Waals surface area contributed by atoms with Crippen molar-refractivity contribution in [1.82, 2.24) is 5.32 Å². The first-order valence-corrected chi connectivity index (χ1v) is 8.13. The summed E-state index contributed by atoms with van der Waals surface area (Å²) < 4.78 is 0. The Labute approximate surface area is 106 Å². The first kappa shape index (κ1) is 10.8. The molecule has 1 aliphatic heterocycles. The molecule has 0 aromatic carbocycles. The fourth-order valence-electron chi connectivity index (χ4n) is 6.01. The lowest BCUT2D eigenvalue weighted by atomic mass is 9.50. The molecule has 5 fully saturated rings. The average Bonchev–Trinajstić information content (AvgIpc) is 2.56. The molecule has 0 spiro atoms. The molecule has 5 aliphatic rings. The molecule has 4 aliphatic carbocycles. The molecular formula is C16H27N. The van der Waals surface area contributed by atoms with E-state index >= 15 is 0 Å². The van der Waals surface area contributed by atoms with Crippen molar-refractivity contribution >= 4 is 0 Å². The van der Waals surface area contributed by atoms with Crippen LogP contribution in [0.25, 0.3) is 0 Å². The van der Waals surface area contributed by atoms with Gasteiger partial charge in [-0.15, -0.1) is 0 Å². The summed E-state index contributed by atoms with van der Waals surface area (Å²) in [6, 6.07) is 0.896. The van der Waals surface area contributed by atoms with Gasteiger partial charge in [0.2, 0.25) is 0 Å². The molecule has 4 saturated carbocycles. The van der Waals surface area contributed by atoms with Crippen molar-refractivity contribution in [3.05, 3.63) is 0 Å². The molecule has 1 atom stereocenters. The Hall–Kier alpha value is -0.0400. The quantitative estimate of drug-likeness (QED) is 0.730. The lowest BCUT2D eigenvalue weighted by Crippen LogP contribution is -2.52. The molecule has 1 heteroatoms. The Balaban J connectivity index is 1.53. The normalized spacial score (nSPS) is 53.6. The van der Waals surface area contributed by atoms with Gasteiger partial charge in [0.25, 0.3) is 0 Å². The number of hydrogen-bond acceptors (Lipinski definition) is 1. The van der Waals surface area contributed by atoms with E-state index in [1.54, 1.807) is 32.1 Å². The maximum absolute atomic E-state index is 3.91. The van der Waals surface area contributed by atoms with Gasteiger partial charge in [-0.05, 0) is 81.1 Å². The van der Waals surface area contributed by atoms with Crippen LogP contribution in [0, 0.1) is 29.6 Å². The van der Waals surface area contributed by atoms with Crippen LogP contribution in [-0.2, 0) is 0 Å². The standard InChI is InChI=1S/C16H27N/c1-2-4-15(17-5-3-1)16-13-7-11-6-12(9-13)10-14(16)8-11/h11-17H,1-10H2. The summed E-state index contributed by atoms with van der Waals surface area (Å²) in [6.45, 7) is 1.30. The van der Waals surface area contributed by atoms with Gasteiger partial charge in [0.15, 0.2) is 0 Å². The van der Waals surface area contributed by atoms with Crippen LogP contribution in [0.15, 0.2) is 0 Å². The van der Waals surface area contributed by atoms with E-state index in [-0.39, 0.29) is 0 Å². The minimum atomic E-state index is 0.896. The van der Waals surface area contributed by atoms with Crippen LogP contribution in [0.5, 0.6) is 0 Å². The Morgan fingerprint density at radius 3 is 2.12 bits per heavy atom. The molecule has 1 unspecified atom stereocenters. The summed E-state index contributed by atoms with van der Waals surface area (Å²) in [5, 5.41) is 3.91. The van der Waals surface area contributed by atoms with Crippen molar-refractivity contribution in [2.24, 2.45) is 29.6 Å². The second-order valence-corrected chi connectivity index (χ2v) is 7.42. The minimum absolute atomic E-state index is 0.896. The zero-order valence-electron chi connectivity index (χ0n) is 11.0. The van der Waals surface area contributed by atoms with Crippen LogP contribution < -0.4 is 5.32 Å². The Morgan fingerprint density at radius 2 is 1.41 bits per heavy atom. The summed E-state index contributed by atoms with van der Waals surface area (Å²) in [5.74, 6) is 5.57. The molecule has 0 aromatic rings. The van der Waals surface area contributed by atoms with Crippen LogP contribution in [-0.4, -0.2) is 12.6 Å². The van der Waals surface area contributed by atoms with Gasteiger partial charge in [-0.25, -0.2) is 0 Å². The first-order chi connectivity index (χ1) is 8.40. The zero-order chi connectivity index (χ0) is 11.2. The van der Waals surface area contributed by atoms with Gasteiger partial charge in [0.1, 0.15) is 0 Å². The van der Waals surface area contributed by atoms with Crippen molar-refractivity contribution in [2.45, 2.75) is 63.8 Å². The monoisotopic (exact) mass is 233 g/mol. The molecule has 1 heterocycles. The van der Waals surface area contributed by atoms with Gasteiger partial charge >= 0.3 is 0 Å². The molecule has 0 aromatic heterocycles. The first-order valence-electron chi connectivity index (χ1n) is 8.13. The molecule has 96 valence electrons. The molecule has 0 radical (unpaired) electrons. The maximum atomic E-state index is 3.91. The SMILES string of the molecule is C1CCNC(C2C3CC4CC(C3)CC2C4)CC1. The number of hydrogen-bond donors (Lipinski definition) is 1. The van der Waals surface area contributed by atoms with Gasteiger partial charge in [-0.3, -0.25) is 0 Å².